The van der Waals surface area contributed by atoms with Gasteiger partial charge in [0.15, 0.2) is 5.82 Å². The minimum atomic E-state index is -1.01. The van der Waals surface area contributed by atoms with Crippen molar-refractivity contribution >= 4 is 23.6 Å². The number of benzene rings is 1. The van der Waals surface area contributed by atoms with E-state index in [0.717, 1.165) is 12.0 Å². The zero-order chi connectivity index (χ0) is 18.5. The summed E-state index contributed by atoms with van der Waals surface area (Å²) in [5.74, 6) is -1.46. The van der Waals surface area contributed by atoms with Crippen molar-refractivity contribution in [2.24, 2.45) is 5.92 Å². The number of hydrogen-bond acceptors (Lipinski definition) is 4. The van der Waals surface area contributed by atoms with E-state index in [9.17, 15) is 14.4 Å². The molecule has 136 valence electrons. The van der Waals surface area contributed by atoms with E-state index in [4.69, 9.17) is 5.11 Å². The van der Waals surface area contributed by atoms with Gasteiger partial charge in [0.05, 0.1) is 5.92 Å². The smallest absolute Gasteiger partial charge is 0.325 e. The Bertz CT molecular complexity index is 803. The third-order valence-corrected chi connectivity index (χ3v) is 4.29. The van der Waals surface area contributed by atoms with Crippen molar-refractivity contribution in [3.05, 3.63) is 48.2 Å². The Balaban J connectivity index is 1.51. The van der Waals surface area contributed by atoms with E-state index >= 15 is 0 Å². The van der Waals surface area contributed by atoms with Gasteiger partial charge in [-0.25, -0.2) is 0 Å². The highest BCUT2D eigenvalue weighted by molar-refractivity contribution is 5.96. The second-order valence-electron chi connectivity index (χ2n) is 6.26. The lowest BCUT2D eigenvalue weighted by molar-refractivity contribution is -0.138. The largest absolute Gasteiger partial charge is 0.480 e. The molecule has 0 saturated carbocycles. The first-order chi connectivity index (χ1) is 12.5. The van der Waals surface area contributed by atoms with Gasteiger partial charge in [-0.2, -0.15) is 5.10 Å². The molecule has 0 unspecified atom stereocenters. The molecule has 2 aromatic rings. The number of rotatable bonds is 7. The molecule has 2 amide bonds. The van der Waals surface area contributed by atoms with Crippen LogP contribution in [0.3, 0.4) is 0 Å². The zero-order valence-electron chi connectivity index (χ0n) is 14.2. The lowest BCUT2D eigenvalue weighted by Gasteiger charge is -2.16. The van der Waals surface area contributed by atoms with Crippen LogP contribution in [0.5, 0.6) is 0 Å². The first kappa shape index (κ1) is 17.7. The number of aromatic nitrogens is 2. The van der Waals surface area contributed by atoms with Gasteiger partial charge in [0.1, 0.15) is 6.54 Å². The zero-order valence-corrected chi connectivity index (χ0v) is 14.2. The fraction of sp³-hybridized carbons (Fsp3) is 0.333. The minimum absolute atomic E-state index is 0.0301. The Morgan fingerprint density at radius 3 is 2.73 bits per heavy atom. The number of carboxylic acids is 1. The number of likely N-dealkylation sites (tertiary alicyclic amines) is 1. The van der Waals surface area contributed by atoms with Crippen molar-refractivity contribution in [3.63, 3.8) is 0 Å². The van der Waals surface area contributed by atoms with Crippen LogP contribution in [0.15, 0.2) is 42.6 Å². The number of carbonyl (C=O) groups excluding carboxylic acids is 2. The second-order valence-corrected chi connectivity index (χ2v) is 6.26. The van der Waals surface area contributed by atoms with Gasteiger partial charge in [-0.15, -0.1) is 0 Å². The molecular formula is C18H20N4O4. The molecule has 26 heavy (non-hydrogen) atoms. The number of carboxylic acid groups (broad SMARTS) is 1. The van der Waals surface area contributed by atoms with E-state index < -0.39 is 11.9 Å². The highest BCUT2D eigenvalue weighted by Crippen LogP contribution is 2.20. The number of amides is 2. The third-order valence-electron chi connectivity index (χ3n) is 4.29. The van der Waals surface area contributed by atoms with Crippen molar-refractivity contribution in [2.45, 2.75) is 19.4 Å². The number of hydrogen-bond donors (Lipinski definition) is 2. The number of anilines is 1. The summed E-state index contributed by atoms with van der Waals surface area (Å²) < 4.78 is 1.23. The van der Waals surface area contributed by atoms with E-state index in [1.165, 1.54) is 16.9 Å². The molecule has 1 aliphatic heterocycles. The molecule has 1 aliphatic rings. The van der Waals surface area contributed by atoms with Gasteiger partial charge in [-0.05, 0) is 12.0 Å². The SMILES string of the molecule is O=C(O)Cn1ccc(NC(=O)[C@@H]2CC(=O)N(CCc3ccccc3)C2)n1. The molecule has 0 radical (unpaired) electrons. The summed E-state index contributed by atoms with van der Waals surface area (Å²) in [5, 5.41) is 15.4. The first-order valence-corrected chi connectivity index (χ1v) is 8.39. The Kier molecular flexibility index (Phi) is 5.31. The van der Waals surface area contributed by atoms with Crippen LogP contribution >= 0.6 is 0 Å². The van der Waals surface area contributed by atoms with Crippen LogP contribution < -0.4 is 5.32 Å². The topological polar surface area (TPSA) is 105 Å². The molecule has 1 atom stereocenters. The predicted molar refractivity (Wildman–Crippen MR) is 93.3 cm³/mol. The predicted octanol–water partition coefficient (Wildman–Crippen LogP) is 0.997. The molecule has 0 spiro atoms. The van der Waals surface area contributed by atoms with Crippen molar-refractivity contribution in [2.75, 3.05) is 18.4 Å². The van der Waals surface area contributed by atoms with Crippen molar-refractivity contribution in [1.82, 2.24) is 14.7 Å². The lowest BCUT2D eigenvalue weighted by atomic mass is 10.1. The molecule has 1 aromatic carbocycles. The van der Waals surface area contributed by atoms with E-state index in [1.807, 2.05) is 30.3 Å². The van der Waals surface area contributed by atoms with Crippen LogP contribution in [-0.4, -0.2) is 50.7 Å². The fourth-order valence-electron chi connectivity index (χ4n) is 2.96. The quantitative estimate of drug-likeness (QED) is 0.770. The van der Waals surface area contributed by atoms with Gasteiger partial charge >= 0.3 is 5.97 Å². The lowest BCUT2D eigenvalue weighted by Crippen LogP contribution is -2.30. The summed E-state index contributed by atoms with van der Waals surface area (Å²) >= 11 is 0. The minimum Gasteiger partial charge on any atom is -0.480 e. The van der Waals surface area contributed by atoms with Crippen LogP contribution in [0, 0.1) is 5.92 Å². The van der Waals surface area contributed by atoms with Gasteiger partial charge in [0, 0.05) is 31.8 Å². The average molecular weight is 356 g/mol. The van der Waals surface area contributed by atoms with E-state index in [2.05, 4.69) is 10.4 Å². The molecule has 2 N–H and O–H groups in total. The Hall–Kier alpha value is -3.16. The monoisotopic (exact) mass is 356 g/mol. The third kappa shape index (κ3) is 4.47. The number of nitrogens with one attached hydrogen (secondary N) is 1. The maximum Gasteiger partial charge on any atom is 0.325 e. The maximum absolute atomic E-state index is 12.4. The van der Waals surface area contributed by atoms with Crippen LogP contribution in [0.1, 0.15) is 12.0 Å². The number of carbonyl (C=O) groups is 3. The molecule has 3 rings (SSSR count). The van der Waals surface area contributed by atoms with Crippen LogP contribution in [0.2, 0.25) is 0 Å². The van der Waals surface area contributed by atoms with Crippen molar-refractivity contribution in [3.8, 4) is 0 Å². The van der Waals surface area contributed by atoms with Crippen molar-refractivity contribution in [1.29, 1.82) is 0 Å². The standard InChI is InChI=1S/C18H20N4O4/c23-16-10-14(11-21(16)8-6-13-4-2-1-3-5-13)18(26)19-15-7-9-22(20-15)12-17(24)25/h1-5,7,9,14H,6,8,10-12H2,(H,24,25)(H,19,20,26)/t14-/m1/s1. The van der Waals surface area contributed by atoms with Crippen LogP contribution in [0.4, 0.5) is 5.82 Å². The molecule has 0 bridgehead atoms. The van der Waals surface area contributed by atoms with Gasteiger partial charge < -0.3 is 15.3 Å². The normalized spacial score (nSPS) is 16.7. The summed E-state index contributed by atoms with van der Waals surface area (Å²) in [6.07, 6.45) is 2.41. The first-order valence-electron chi connectivity index (χ1n) is 8.39. The molecule has 1 fully saturated rings. The average Bonchev–Trinajstić information content (AvgIpc) is 3.20. The van der Waals surface area contributed by atoms with E-state index in [1.54, 1.807) is 4.90 Å². The molecule has 1 saturated heterocycles. The molecule has 2 heterocycles. The Labute approximate surface area is 150 Å². The molecule has 1 aromatic heterocycles. The number of aliphatic carboxylic acids is 1. The summed E-state index contributed by atoms with van der Waals surface area (Å²) in [6, 6.07) is 11.4. The second kappa shape index (κ2) is 7.81. The maximum atomic E-state index is 12.4. The van der Waals surface area contributed by atoms with E-state index in [0.29, 0.717) is 13.1 Å². The summed E-state index contributed by atoms with van der Waals surface area (Å²) in [4.78, 5) is 36.9. The molecular weight excluding hydrogens is 336 g/mol. The van der Waals surface area contributed by atoms with Crippen LogP contribution in [0.25, 0.3) is 0 Å². The molecule has 0 aliphatic carbocycles. The Morgan fingerprint density at radius 1 is 1.23 bits per heavy atom. The van der Waals surface area contributed by atoms with Gasteiger partial charge in [0.25, 0.3) is 0 Å². The fourth-order valence-corrected chi connectivity index (χ4v) is 2.96. The highest BCUT2D eigenvalue weighted by atomic mass is 16.4. The summed E-state index contributed by atoms with van der Waals surface area (Å²) in [7, 11) is 0. The Morgan fingerprint density at radius 2 is 2.00 bits per heavy atom. The van der Waals surface area contributed by atoms with E-state index in [-0.39, 0.29) is 30.6 Å². The van der Waals surface area contributed by atoms with Gasteiger partial charge in [0.2, 0.25) is 11.8 Å². The van der Waals surface area contributed by atoms with Gasteiger partial charge in [-0.3, -0.25) is 19.1 Å². The van der Waals surface area contributed by atoms with Crippen LogP contribution in [-0.2, 0) is 27.3 Å². The number of nitrogens with zero attached hydrogens (tertiary/aromatic N) is 3. The molecule has 8 heteroatoms. The summed E-state index contributed by atoms with van der Waals surface area (Å²) in [5.41, 5.74) is 1.15. The van der Waals surface area contributed by atoms with Gasteiger partial charge in [-0.1, -0.05) is 30.3 Å². The summed E-state index contributed by atoms with van der Waals surface area (Å²) in [6.45, 7) is 0.693. The highest BCUT2D eigenvalue weighted by Gasteiger charge is 2.34. The van der Waals surface area contributed by atoms with Crippen molar-refractivity contribution < 1.29 is 19.5 Å². The molecule has 8 nitrogen and oxygen atoms in total.